The number of para-hydroxylation sites is 1. The molecule has 7 heteroatoms. The Morgan fingerprint density at radius 1 is 0.867 bits per heavy atom. The topological polar surface area (TPSA) is 44.0 Å². The molecule has 4 rings (SSSR count). The molecular formula is C23H17F3N2O2. The molecule has 3 aromatic carbocycles. The summed E-state index contributed by atoms with van der Waals surface area (Å²) in [5.41, 5.74) is 0.540. The first-order valence-electron chi connectivity index (χ1n) is 9.23. The van der Waals surface area contributed by atoms with Crippen molar-refractivity contribution in [2.45, 2.75) is 19.6 Å². The summed E-state index contributed by atoms with van der Waals surface area (Å²) in [5.74, 6) is 0. The number of hydrogen-bond donors (Lipinski definition) is 0. The van der Waals surface area contributed by atoms with Crippen molar-refractivity contribution in [1.29, 1.82) is 0 Å². The van der Waals surface area contributed by atoms with Gasteiger partial charge in [0, 0.05) is 0 Å². The van der Waals surface area contributed by atoms with Crippen LogP contribution in [0.2, 0.25) is 0 Å². The maximum absolute atomic E-state index is 13.3. The third-order valence-electron chi connectivity index (χ3n) is 4.93. The van der Waals surface area contributed by atoms with E-state index in [9.17, 15) is 22.8 Å². The Kier molecular flexibility index (Phi) is 4.81. The Bertz CT molecular complexity index is 1340. The first-order chi connectivity index (χ1) is 14.3. The number of aromatic nitrogens is 2. The molecule has 1 aromatic heterocycles. The summed E-state index contributed by atoms with van der Waals surface area (Å²) in [6.07, 6.45) is -4.45. The highest BCUT2D eigenvalue weighted by molar-refractivity contribution is 5.80. The fraction of sp³-hybridized carbons (Fsp3) is 0.130. The van der Waals surface area contributed by atoms with Crippen LogP contribution in [0.15, 0.2) is 82.4 Å². The van der Waals surface area contributed by atoms with Gasteiger partial charge in [0.15, 0.2) is 0 Å². The molecule has 0 unspecified atom stereocenters. The highest BCUT2D eigenvalue weighted by Crippen LogP contribution is 2.29. The minimum absolute atomic E-state index is 0.132. The zero-order valence-electron chi connectivity index (χ0n) is 16.0. The number of nitrogens with zero attached hydrogens (tertiary/aromatic N) is 2. The largest absolute Gasteiger partial charge is 0.416 e. The van der Waals surface area contributed by atoms with Crippen LogP contribution in [0.1, 0.15) is 16.7 Å². The average molecular weight is 410 g/mol. The Labute approximate surface area is 169 Å². The molecule has 152 valence electrons. The van der Waals surface area contributed by atoms with Crippen molar-refractivity contribution < 1.29 is 13.2 Å². The molecule has 0 aliphatic carbocycles. The molecule has 0 radical (unpaired) electrons. The van der Waals surface area contributed by atoms with E-state index in [0.717, 1.165) is 22.3 Å². The second kappa shape index (κ2) is 7.33. The predicted octanol–water partition coefficient (Wildman–Crippen LogP) is 4.53. The van der Waals surface area contributed by atoms with Gasteiger partial charge in [-0.2, -0.15) is 13.2 Å². The van der Waals surface area contributed by atoms with Gasteiger partial charge < -0.3 is 0 Å². The zero-order chi connectivity index (χ0) is 21.5. The van der Waals surface area contributed by atoms with E-state index >= 15 is 0 Å². The highest BCUT2D eigenvalue weighted by atomic mass is 19.4. The van der Waals surface area contributed by atoms with Gasteiger partial charge in [0.25, 0.3) is 5.56 Å². The van der Waals surface area contributed by atoms with Crippen molar-refractivity contribution in [2.75, 3.05) is 0 Å². The number of aryl methyl sites for hydroxylation is 1. The van der Waals surface area contributed by atoms with E-state index in [4.69, 9.17) is 0 Å². The summed E-state index contributed by atoms with van der Waals surface area (Å²) < 4.78 is 41.0. The summed E-state index contributed by atoms with van der Waals surface area (Å²) in [7, 11) is 0. The Morgan fingerprint density at radius 3 is 2.17 bits per heavy atom. The molecule has 0 bridgehead atoms. The molecule has 0 fully saturated rings. The minimum Gasteiger partial charge on any atom is -0.268 e. The Hall–Kier alpha value is -3.61. The third-order valence-corrected chi connectivity index (χ3v) is 4.93. The van der Waals surface area contributed by atoms with Crippen molar-refractivity contribution >= 4 is 10.9 Å². The lowest BCUT2D eigenvalue weighted by atomic mass is 10.1. The SMILES string of the molecule is Cc1ccc2c(c1)c(=O)n(Cc1ccc(C(F)(F)F)cc1)c(=O)n2-c1ccccc1. The number of alkyl halides is 3. The van der Waals surface area contributed by atoms with E-state index in [1.165, 1.54) is 16.7 Å². The predicted molar refractivity (Wildman–Crippen MR) is 109 cm³/mol. The molecule has 0 spiro atoms. The van der Waals surface area contributed by atoms with Crippen molar-refractivity contribution in [3.63, 3.8) is 0 Å². The lowest BCUT2D eigenvalue weighted by molar-refractivity contribution is -0.137. The van der Waals surface area contributed by atoms with E-state index < -0.39 is 23.0 Å². The average Bonchev–Trinajstić information content (AvgIpc) is 2.72. The van der Waals surface area contributed by atoms with Crippen molar-refractivity contribution in [3.8, 4) is 5.69 Å². The van der Waals surface area contributed by atoms with Gasteiger partial charge >= 0.3 is 11.9 Å². The van der Waals surface area contributed by atoms with E-state index in [-0.39, 0.29) is 6.54 Å². The lowest BCUT2D eigenvalue weighted by Crippen LogP contribution is -2.39. The van der Waals surface area contributed by atoms with Crippen LogP contribution < -0.4 is 11.2 Å². The zero-order valence-corrected chi connectivity index (χ0v) is 16.0. The van der Waals surface area contributed by atoms with Crippen LogP contribution in [0.5, 0.6) is 0 Å². The molecule has 0 amide bonds. The maximum Gasteiger partial charge on any atom is 0.416 e. The van der Waals surface area contributed by atoms with Crippen LogP contribution in [0.3, 0.4) is 0 Å². The maximum atomic E-state index is 13.3. The quantitative estimate of drug-likeness (QED) is 0.498. The second-order valence-corrected chi connectivity index (χ2v) is 7.06. The Balaban J connectivity index is 1.92. The molecular weight excluding hydrogens is 393 g/mol. The fourth-order valence-corrected chi connectivity index (χ4v) is 3.42. The normalized spacial score (nSPS) is 11.7. The molecule has 0 saturated carbocycles. The standard InChI is InChI=1S/C23H17F3N2O2/c1-15-7-12-20-19(13-15)21(29)27(22(30)28(20)18-5-3-2-4-6-18)14-16-8-10-17(11-9-16)23(24,25)26/h2-13H,14H2,1H3. The van der Waals surface area contributed by atoms with Crippen LogP contribution in [0, 0.1) is 6.92 Å². The van der Waals surface area contributed by atoms with Crippen LogP contribution in [-0.2, 0) is 12.7 Å². The van der Waals surface area contributed by atoms with Gasteiger partial charge in [-0.1, -0.05) is 42.0 Å². The molecule has 0 N–H and O–H groups in total. The highest BCUT2D eigenvalue weighted by Gasteiger charge is 2.30. The van der Waals surface area contributed by atoms with Crippen molar-refractivity contribution in [3.05, 3.63) is 110 Å². The van der Waals surface area contributed by atoms with E-state index in [2.05, 4.69) is 0 Å². The first kappa shape index (κ1) is 19.7. The van der Waals surface area contributed by atoms with Gasteiger partial charge in [0.1, 0.15) is 0 Å². The van der Waals surface area contributed by atoms with Crippen LogP contribution in [-0.4, -0.2) is 9.13 Å². The van der Waals surface area contributed by atoms with E-state index in [1.807, 2.05) is 19.1 Å². The van der Waals surface area contributed by atoms with Gasteiger partial charge in [-0.3, -0.25) is 13.9 Å². The number of rotatable bonds is 3. The Morgan fingerprint density at radius 2 is 1.53 bits per heavy atom. The summed E-state index contributed by atoms with van der Waals surface area (Å²) in [5, 5.41) is 0.366. The smallest absolute Gasteiger partial charge is 0.268 e. The number of halogens is 3. The van der Waals surface area contributed by atoms with E-state index in [0.29, 0.717) is 22.2 Å². The summed E-state index contributed by atoms with van der Waals surface area (Å²) in [6, 6.07) is 18.6. The number of hydrogen-bond acceptors (Lipinski definition) is 2. The van der Waals surface area contributed by atoms with Crippen LogP contribution in [0.25, 0.3) is 16.6 Å². The van der Waals surface area contributed by atoms with Crippen LogP contribution >= 0.6 is 0 Å². The van der Waals surface area contributed by atoms with Gasteiger partial charge in [0.2, 0.25) is 0 Å². The van der Waals surface area contributed by atoms with E-state index in [1.54, 1.807) is 36.4 Å². The monoisotopic (exact) mass is 410 g/mol. The van der Waals surface area contributed by atoms with Gasteiger partial charge in [-0.25, -0.2) is 4.79 Å². The molecule has 4 nitrogen and oxygen atoms in total. The summed E-state index contributed by atoms with van der Waals surface area (Å²) in [4.78, 5) is 26.4. The molecule has 0 saturated heterocycles. The third kappa shape index (κ3) is 3.54. The van der Waals surface area contributed by atoms with Gasteiger partial charge in [-0.15, -0.1) is 0 Å². The van der Waals surface area contributed by atoms with Crippen LogP contribution in [0.4, 0.5) is 13.2 Å². The molecule has 0 aliphatic rings. The number of fused-ring (bicyclic) bond motifs is 1. The molecule has 30 heavy (non-hydrogen) atoms. The van der Waals surface area contributed by atoms with Crippen molar-refractivity contribution in [1.82, 2.24) is 9.13 Å². The molecule has 4 aromatic rings. The number of benzene rings is 3. The minimum atomic E-state index is -4.45. The summed E-state index contributed by atoms with van der Waals surface area (Å²) >= 11 is 0. The molecule has 1 heterocycles. The lowest BCUT2D eigenvalue weighted by Gasteiger charge is -2.15. The summed E-state index contributed by atoms with van der Waals surface area (Å²) in [6.45, 7) is 1.71. The second-order valence-electron chi connectivity index (χ2n) is 7.06. The van der Waals surface area contributed by atoms with Crippen molar-refractivity contribution in [2.24, 2.45) is 0 Å². The molecule has 0 atom stereocenters. The molecule has 0 aliphatic heterocycles. The van der Waals surface area contributed by atoms with Gasteiger partial charge in [-0.05, 0) is 48.9 Å². The van der Waals surface area contributed by atoms with Gasteiger partial charge in [0.05, 0.1) is 28.7 Å². The fourth-order valence-electron chi connectivity index (χ4n) is 3.42. The first-order valence-corrected chi connectivity index (χ1v) is 9.23.